The van der Waals surface area contributed by atoms with Crippen molar-refractivity contribution in [3.05, 3.63) is 52.5 Å². The van der Waals surface area contributed by atoms with Gasteiger partial charge in [0.1, 0.15) is 11.8 Å². The third kappa shape index (κ3) is 2.81. The molecule has 0 fully saturated rings. The monoisotopic (exact) mass is 272 g/mol. The standard InChI is InChI=1S/C15H13ClN2O/c1-10-13(16)4-3-5-14(10)18-15-8-12(19-2)7-6-11(15)9-17/h3-8,18H,1-2H3. The first-order chi connectivity index (χ1) is 9.15. The number of ether oxygens (including phenoxy) is 1. The summed E-state index contributed by atoms with van der Waals surface area (Å²) in [6, 6.07) is 13.0. The maximum absolute atomic E-state index is 9.13. The number of nitrogens with one attached hydrogen (secondary N) is 1. The van der Waals surface area contributed by atoms with E-state index >= 15 is 0 Å². The van der Waals surface area contributed by atoms with Gasteiger partial charge in [-0.05, 0) is 36.8 Å². The zero-order valence-corrected chi connectivity index (χ0v) is 11.5. The van der Waals surface area contributed by atoms with Gasteiger partial charge in [0, 0.05) is 16.8 Å². The van der Waals surface area contributed by atoms with Gasteiger partial charge in [0.05, 0.1) is 18.4 Å². The van der Waals surface area contributed by atoms with Crippen molar-refractivity contribution in [1.82, 2.24) is 0 Å². The maximum Gasteiger partial charge on any atom is 0.121 e. The molecule has 0 aromatic heterocycles. The van der Waals surface area contributed by atoms with Crippen molar-refractivity contribution in [3.8, 4) is 11.8 Å². The molecule has 0 aliphatic rings. The lowest BCUT2D eigenvalue weighted by Gasteiger charge is -2.13. The van der Waals surface area contributed by atoms with E-state index in [1.165, 1.54) is 0 Å². The summed E-state index contributed by atoms with van der Waals surface area (Å²) in [5.41, 5.74) is 3.07. The molecule has 0 bridgehead atoms. The number of halogens is 1. The number of nitrogens with zero attached hydrogens (tertiary/aromatic N) is 1. The Balaban J connectivity index is 2.42. The minimum atomic E-state index is 0.556. The average molecular weight is 273 g/mol. The van der Waals surface area contributed by atoms with Crippen LogP contribution in [0, 0.1) is 18.3 Å². The summed E-state index contributed by atoms with van der Waals surface area (Å²) >= 11 is 6.08. The summed E-state index contributed by atoms with van der Waals surface area (Å²) in [5.74, 6) is 0.696. The second kappa shape index (κ2) is 5.64. The van der Waals surface area contributed by atoms with E-state index in [1.807, 2.05) is 25.1 Å². The molecule has 0 heterocycles. The molecule has 0 atom stereocenters. The molecule has 0 unspecified atom stereocenters. The van der Waals surface area contributed by atoms with E-state index in [2.05, 4.69) is 11.4 Å². The Hall–Kier alpha value is -2.18. The second-order valence-corrected chi connectivity index (χ2v) is 4.47. The predicted molar refractivity (Wildman–Crippen MR) is 77.2 cm³/mol. The lowest BCUT2D eigenvalue weighted by Crippen LogP contribution is -1.97. The highest BCUT2D eigenvalue weighted by atomic mass is 35.5. The maximum atomic E-state index is 9.13. The zero-order valence-electron chi connectivity index (χ0n) is 10.7. The third-order valence-electron chi connectivity index (χ3n) is 2.88. The Kier molecular flexibility index (Phi) is 3.94. The molecule has 3 nitrogen and oxygen atoms in total. The van der Waals surface area contributed by atoms with Gasteiger partial charge >= 0.3 is 0 Å². The molecule has 0 saturated carbocycles. The van der Waals surface area contributed by atoms with Crippen molar-refractivity contribution in [2.24, 2.45) is 0 Å². The number of benzene rings is 2. The smallest absolute Gasteiger partial charge is 0.121 e. The van der Waals surface area contributed by atoms with E-state index in [0.29, 0.717) is 22.0 Å². The minimum absolute atomic E-state index is 0.556. The van der Waals surface area contributed by atoms with Crippen molar-refractivity contribution in [3.63, 3.8) is 0 Å². The fourth-order valence-corrected chi connectivity index (χ4v) is 1.91. The first-order valence-corrected chi connectivity index (χ1v) is 6.13. The summed E-state index contributed by atoms with van der Waals surface area (Å²) < 4.78 is 5.17. The van der Waals surface area contributed by atoms with Crippen molar-refractivity contribution in [2.45, 2.75) is 6.92 Å². The van der Waals surface area contributed by atoms with Crippen molar-refractivity contribution in [2.75, 3.05) is 12.4 Å². The van der Waals surface area contributed by atoms with Crippen LogP contribution >= 0.6 is 11.6 Å². The van der Waals surface area contributed by atoms with Crippen LogP contribution in [0.4, 0.5) is 11.4 Å². The normalized spacial score (nSPS) is 9.79. The molecule has 0 spiro atoms. The molecule has 0 radical (unpaired) electrons. The Morgan fingerprint density at radius 2 is 2.00 bits per heavy atom. The fourth-order valence-electron chi connectivity index (χ4n) is 1.74. The molecule has 19 heavy (non-hydrogen) atoms. The molecule has 2 aromatic carbocycles. The number of nitriles is 1. The Bertz CT molecular complexity index is 647. The van der Waals surface area contributed by atoms with Gasteiger partial charge in [0.25, 0.3) is 0 Å². The van der Waals surface area contributed by atoms with Crippen LogP contribution in [-0.4, -0.2) is 7.11 Å². The van der Waals surface area contributed by atoms with Crippen LogP contribution in [0.2, 0.25) is 5.02 Å². The van der Waals surface area contributed by atoms with E-state index < -0.39 is 0 Å². The lowest BCUT2D eigenvalue weighted by atomic mass is 10.1. The SMILES string of the molecule is COc1ccc(C#N)c(Nc2cccc(Cl)c2C)c1. The van der Waals surface area contributed by atoms with Crippen LogP contribution < -0.4 is 10.1 Å². The zero-order chi connectivity index (χ0) is 13.8. The Morgan fingerprint density at radius 1 is 1.21 bits per heavy atom. The van der Waals surface area contributed by atoms with Gasteiger partial charge in [-0.15, -0.1) is 0 Å². The minimum Gasteiger partial charge on any atom is -0.497 e. The van der Waals surface area contributed by atoms with Crippen LogP contribution in [-0.2, 0) is 0 Å². The van der Waals surface area contributed by atoms with Gasteiger partial charge in [0.2, 0.25) is 0 Å². The van der Waals surface area contributed by atoms with Crippen LogP contribution in [0.15, 0.2) is 36.4 Å². The molecule has 0 aliphatic carbocycles. The molecule has 96 valence electrons. The highest BCUT2D eigenvalue weighted by molar-refractivity contribution is 6.31. The van der Waals surface area contributed by atoms with Crippen molar-refractivity contribution in [1.29, 1.82) is 5.26 Å². The third-order valence-corrected chi connectivity index (χ3v) is 3.29. The van der Waals surface area contributed by atoms with Gasteiger partial charge in [0.15, 0.2) is 0 Å². The van der Waals surface area contributed by atoms with Crippen LogP contribution in [0.5, 0.6) is 5.75 Å². The quantitative estimate of drug-likeness (QED) is 0.907. The molecule has 0 aliphatic heterocycles. The number of hydrogen-bond donors (Lipinski definition) is 1. The summed E-state index contributed by atoms with van der Waals surface area (Å²) in [7, 11) is 1.59. The Labute approximate surface area is 117 Å². The topological polar surface area (TPSA) is 45.0 Å². The second-order valence-electron chi connectivity index (χ2n) is 4.06. The molecule has 2 rings (SSSR count). The van der Waals surface area contributed by atoms with Crippen molar-refractivity contribution >= 4 is 23.0 Å². The van der Waals surface area contributed by atoms with Gasteiger partial charge in [-0.3, -0.25) is 0 Å². The van der Waals surface area contributed by atoms with E-state index in [0.717, 1.165) is 11.3 Å². The van der Waals surface area contributed by atoms with Crippen molar-refractivity contribution < 1.29 is 4.74 Å². The molecule has 0 saturated heterocycles. The van der Waals surface area contributed by atoms with Gasteiger partial charge in [-0.1, -0.05) is 17.7 Å². The summed E-state index contributed by atoms with van der Waals surface area (Å²) in [6.45, 7) is 1.93. The number of anilines is 2. The molecule has 4 heteroatoms. The lowest BCUT2D eigenvalue weighted by molar-refractivity contribution is 0.415. The summed E-state index contributed by atoms with van der Waals surface area (Å²) in [6.07, 6.45) is 0. The largest absolute Gasteiger partial charge is 0.497 e. The molecular weight excluding hydrogens is 260 g/mol. The number of hydrogen-bond acceptors (Lipinski definition) is 3. The first-order valence-electron chi connectivity index (χ1n) is 5.76. The number of methoxy groups -OCH3 is 1. The van der Waals surface area contributed by atoms with E-state index in [4.69, 9.17) is 21.6 Å². The van der Waals surface area contributed by atoms with E-state index in [-0.39, 0.29) is 0 Å². The van der Waals surface area contributed by atoms with Crippen LogP contribution in [0.25, 0.3) is 0 Å². The number of rotatable bonds is 3. The first kappa shape index (κ1) is 13.3. The molecular formula is C15H13ClN2O. The van der Waals surface area contributed by atoms with Crippen LogP contribution in [0.3, 0.4) is 0 Å². The molecule has 0 amide bonds. The van der Waals surface area contributed by atoms with Gasteiger partial charge < -0.3 is 10.1 Å². The average Bonchev–Trinajstić information content (AvgIpc) is 2.43. The van der Waals surface area contributed by atoms with Crippen LogP contribution in [0.1, 0.15) is 11.1 Å². The molecule has 1 N–H and O–H groups in total. The van der Waals surface area contributed by atoms with E-state index in [1.54, 1.807) is 25.3 Å². The summed E-state index contributed by atoms with van der Waals surface area (Å²) in [5, 5.41) is 13.0. The predicted octanol–water partition coefficient (Wildman–Crippen LogP) is 4.27. The van der Waals surface area contributed by atoms with Gasteiger partial charge in [-0.25, -0.2) is 0 Å². The van der Waals surface area contributed by atoms with Gasteiger partial charge in [-0.2, -0.15) is 5.26 Å². The highest BCUT2D eigenvalue weighted by Gasteiger charge is 2.07. The molecule has 2 aromatic rings. The summed E-state index contributed by atoms with van der Waals surface area (Å²) in [4.78, 5) is 0. The van der Waals surface area contributed by atoms with E-state index in [9.17, 15) is 0 Å². The highest BCUT2D eigenvalue weighted by Crippen LogP contribution is 2.29. The fraction of sp³-hybridized carbons (Fsp3) is 0.133. The Morgan fingerprint density at radius 3 is 2.68 bits per heavy atom.